The fourth-order valence-electron chi connectivity index (χ4n) is 2.79. The minimum Gasteiger partial charge on any atom is -0.489 e. The van der Waals surface area contributed by atoms with Crippen LogP contribution in [0.4, 0.5) is 0 Å². The fourth-order valence-corrected chi connectivity index (χ4v) is 2.79. The summed E-state index contributed by atoms with van der Waals surface area (Å²) in [6, 6.07) is 16.8. The number of hydrogen-bond donors (Lipinski definition) is 1. The van der Waals surface area contributed by atoms with Crippen LogP contribution in [0.15, 0.2) is 54.6 Å². The third-order valence-electron chi connectivity index (χ3n) is 4.15. The number of likely N-dealkylation sites (tertiary alicyclic amines) is 1. The topological polar surface area (TPSA) is 66.8 Å². The lowest BCUT2D eigenvalue weighted by atomic mass is 10.1. The van der Waals surface area contributed by atoms with Crippen molar-refractivity contribution >= 4 is 24.3 Å². The molecule has 1 amide bonds. The second-order valence-electron chi connectivity index (χ2n) is 5.88. The van der Waals surface area contributed by atoms with Gasteiger partial charge in [-0.3, -0.25) is 9.59 Å². The van der Waals surface area contributed by atoms with Crippen LogP contribution in [0.25, 0.3) is 0 Å². The van der Waals surface area contributed by atoms with Gasteiger partial charge in [-0.1, -0.05) is 36.4 Å². The molecule has 1 aliphatic heterocycles. The zero-order valence-electron chi connectivity index (χ0n) is 13.6. The predicted octanol–water partition coefficient (Wildman–Crippen LogP) is 3.23. The zero-order chi connectivity index (χ0) is 16.9. The summed E-state index contributed by atoms with van der Waals surface area (Å²) in [7, 11) is 0. The number of ether oxygens (including phenoxy) is 1. The highest BCUT2D eigenvalue weighted by Crippen LogP contribution is 2.21. The standard InChI is InChI=1S/C19H19NO4.ClH/c21-18(20-10-9-16(12-20)19(22)23)15-7-4-8-17(11-15)24-13-14-5-2-1-3-6-14;/h1-8,11,16H,9-10,12-13H2,(H,22,23);1H. The largest absolute Gasteiger partial charge is 0.489 e. The molecule has 0 aliphatic carbocycles. The molecule has 0 spiro atoms. The number of aliphatic carboxylic acids is 1. The lowest BCUT2D eigenvalue weighted by Crippen LogP contribution is -2.29. The Morgan fingerprint density at radius 1 is 1.12 bits per heavy atom. The molecule has 3 rings (SSSR count). The maximum absolute atomic E-state index is 12.5. The van der Waals surface area contributed by atoms with E-state index < -0.39 is 11.9 Å². The summed E-state index contributed by atoms with van der Waals surface area (Å²) in [6.45, 7) is 1.18. The van der Waals surface area contributed by atoms with Crippen molar-refractivity contribution in [1.82, 2.24) is 4.90 Å². The van der Waals surface area contributed by atoms with Crippen molar-refractivity contribution in [2.45, 2.75) is 13.0 Å². The van der Waals surface area contributed by atoms with Crippen LogP contribution in [-0.4, -0.2) is 35.0 Å². The van der Waals surface area contributed by atoms with E-state index in [0.29, 0.717) is 30.9 Å². The molecule has 1 saturated heterocycles. The molecule has 1 fully saturated rings. The summed E-state index contributed by atoms with van der Waals surface area (Å²) >= 11 is 0. The first kappa shape index (κ1) is 18.8. The van der Waals surface area contributed by atoms with Gasteiger partial charge in [0.25, 0.3) is 5.91 Å². The van der Waals surface area contributed by atoms with Gasteiger partial charge in [0.15, 0.2) is 0 Å². The summed E-state index contributed by atoms with van der Waals surface area (Å²) < 4.78 is 5.74. The Labute approximate surface area is 152 Å². The third kappa shape index (κ3) is 4.73. The average molecular weight is 362 g/mol. The van der Waals surface area contributed by atoms with E-state index in [-0.39, 0.29) is 24.9 Å². The molecule has 1 atom stereocenters. The van der Waals surface area contributed by atoms with Gasteiger partial charge in [-0.25, -0.2) is 0 Å². The predicted molar refractivity (Wildman–Crippen MR) is 96.1 cm³/mol. The van der Waals surface area contributed by atoms with E-state index in [1.165, 1.54) is 0 Å². The summed E-state index contributed by atoms with van der Waals surface area (Å²) in [5.74, 6) is -0.834. The molecule has 0 radical (unpaired) electrons. The van der Waals surface area contributed by atoms with Crippen LogP contribution < -0.4 is 4.74 Å². The summed E-state index contributed by atoms with van der Waals surface area (Å²) in [4.78, 5) is 25.1. The van der Waals surface area contributed by atoms with Gasteiger partial charge >= 0.3 is 5.97 Å². The molecule has 1 aliphatic rings. The van der Waals surface area contributed by atoms with Crippen LogP contribution in [0.3, 0.4) is 0 Å². The lowest BCUT2D eigenvalue weighted by Gasteiger charge is -2.16. The molecule has 1 unspecified atom stereocenters. The van der Waals surface area contributed by atoms with Crippen LogP contribution in [0.2, 0.25) is 0 Å². The molecule has 2 aromatic rings. The average Bonchev–Trinajstić information content (AvgIpc) is 3.11. The van der Waals surface area contributed by atoms with Crippen molar-refractivity contribution in [3.05, 3.63) is 65.7 Å². The molecule has 0 aromatic heterocycles. The Hall–Kier alpha value is -2.53. The van der Waals surface area contributed by atoms with Crippen molar-refractivity contribution < 1.29 is 19.4 Å². The van der Waals surface area contributed by atoms with E-state index in [0.717, 1.165) is 5.56 Å². The first-order valence-electron chi connectivity index (χ1n) is 7.92. The Morgan fingerprint density at radius 2 is 1.88 bits per heavy atom. The van der Waals surface area contributed by atoms with Gasteiger partial charge in [-0.05, 0) is 30.2 Å². The maximum Gasteiger partial charge on any atom is 0.308 e. The Bertz CT molecular complexity index is 735. The third-order valence-corrected chi connectivity index (χ3v) is 4.15. The van der Waals surface area contributed by atoms with Crippen molar-refractivity contribution in [1.29, 1.82) is 0 Å². The first-order valence-corrected chi connectivity index (χ1v) is 7.92. The molecule has 6 heteroatoms. The Balaban J connectivity index is 0.00000225. The van der Waals surface area contributed by atoms with Crippen LogP contribution >= 0.6 is 12.4 Å². The summed E-state index contributed by atoms with van der Waals surface area (Å²) in [5, 5.41) is 9.05. The maximum atomic E-state index is 12.5. The monoisotopic (exact) mass is 361 g/mol. The van der Waals surface area contributed by atoms with Gasteiger partial charge in [0, 0.05) is 18.7 Å². The summed E-state index contributed by atoms with van der Waals surface area (Å²) in [5.41, 5.74) is 1.57. The SMILES string of the molecule is Cl.O=C(O)C1CCN(C(=O)c2cccc(OCc3ccccc3)c2)C1. The van der Waals surface area contributed by atoms with Gasteiger partial charge in [-0.15, -0.1) is 12.4 Å². The van der Waals surface area contributed by atoms with E-state index in [4.69, 9.17) is 9.84 Å². The number of halogens is 1. The summed E-state index contributed by atoms with van der Waals surface area (Å²) in [6.07, 6.45) is 0.505. The molecule has 132 valence electrons. The van der Waals surface area contributed by atoms with Crippen LogP contribution in [0, 0.1) is 5.92 Å². The number of carboxylic acid groups (broad SMARTS) is 1. The first-order chi connectivity index (χ1) is 11.6. The van der Waals surface area contributed by atoms with Crippen LogP contribution in [0.1, 0.15) is 22.3 Å². The van der Waals surface area contributed by atoms with Gasteiger partial charge in [0.05, 0.1) is 5.92 Å². The molecule has 0 saturated carbocycles. The van der Waals surface area contributed by atoms with E-state index >= 15 is 0 Å². The number of hydrogen-bond acceptors (Lipinski definition) is 3. The Morgan fingerprint density at radius 3 is 2.56 bits per heavy atom. The minimum atomic E-state index is -0.842. The number of nitrogens with zero attached hydrogens (tertiary/aromatic N) is 1. The lowest BCUT2D eigenvalue weighted by molar-refractivity contribution is -0.141. The minimum absolute atomic E-state index is 0. The second-order valence-corrected chi connectivity index (χ2v) is 5.88. The highest BCUT2D eigenvalue weighted by Gasteiger charge is 2.31. The zero-order valence-corrected chi connectivity index (χ0v) is 14.4. The van der Waals surface area contributed by atoms with Gasteiger partial charge in [0.2, 0.25) is 0 Å². The fraction of sp³-hybridized carbons (Fsp3) is 0.263. The van der Waals surface area contributed by atoms with E-state index in [9.17, 15) is 9.59 Å². The number of benzene rings is 2. The molecule has 1 N–H and O–H groups in total. The van der Waals surface area contributed by atoms with E-state index in [2.05, 4.69) is 0 Å². The van der Waals surface area contributed by atoms with Gasteiger partial charge < -0.3 is 14.7 Å². The normalized spacial score (nSPS) is 16.2. The molecule has 1 heterocycles. The van der Waals surface area contributed by atoms with E-state index in [1.54, 1.807) is 23.1 Å². The second kappa shape index (κ2) is 8.53. The quantitative estimate of drug-likeness (QED) is 0.887. The highest BCUT2D eigenvalue weighted by molar-refractivity contribution is 5.95. The molecule has 2 aromatic carbocycles. The number of carbonyl (C=O) groups is 2. The number of rotatable bonds is 5. The molecule has 0 bridgehead atoms. The Kier molecular flexibility index (Phi) is 6.42. The van der Waals surface area contributed by atoms with Crippen molar-refractivity contribution in [2.75, 3.05) is 13.1 Å². The molecule has 5 nitrogen and oxygen atoms in total. The number of carboxylic acids is 1. The number of carbonyl (C=O) groups excluding carboxylic acids is 1. The van der Waals surface area contributed by atoms with Crippen LogP contribution in [0.5, 0.6) is 5.75 Å². The van der Waals surface area contributed by atoms with E-state index in [1.807, 2.05) is 36.4 Å². The smallest absolute Gasteiger partial charge is 0.308 e. The van der Waals surface area contributed by atoms with Crippen molar-refractivity contribution in [2.24, 2.45) is 5.92 Å². The molecule has 25 heavy (non-hydrogen) atoms. The molecular formula is C19H20ClNO4. The van der Waals surface area contributed by atoms with Crippen LogP contribution in [-0.2, 0) is 11.4 Å². The molecular weight excluding hydrogens is 342 g/mol. The highest BCUT2D eigenvalue weighted by atomic mass is 35.5. The van der Waals surface area contributed by atoms with Gasteiger partial charge in [0.1, 0.15) is 12.4 Å². The van der Waals surface area contributed by atoms with Crippen molar-refractivity contribution in [3.63, 3.8) is 0 Å². The number of amides is 1. The van der Waals surface area contributed by atoms with Crippen molar-refractivity contribution in [3.8, 4) is 5.75 Å². The van der Waals surface area contributed by atoms with Gasteiger partial charge in [-0.2, -0.15) is 0 Å².